The van der Waals surface area contributed by atoms with Crippen LogP contribution in [-0.2, 0) is 4.74 Å². The lowest BCUT2D eigenvalue weighted by Gasteiger charge is -2.26. The molecule has 122 valence electrons. The predicted molar refractivity (Wildman–Crippen MR) is 85.1 cm³/mol. The van der Waals surface area contributed by atoms with Gasteiger partial charge in [0.05, 0.1) is 12.2 Å². The number of ether oxygens (including phenoxy) is 1. The van der Waals surface area contributed by atoms with E-state index in [0.717, 1.165) is 31.6 Å². The summed E-state index contributed by atoms with van der Waals surface area (Å²) in [6, 6.07) is 0.234. The van der Waals surface area contributed by atoms with Crippen LogP contribution in [0, 0.1) is 19.8 Å². The van der Waals surface area contributed by atoms with Crippen molar-refractivity contribution < 1.29 is 14.3 Å². The molecule has 1 aromatic heterocycles. The first-order chi connectivity index (χ1) is 10.4. The number of aromatic nitrogens is 1. The van der Waals surface area contributed by atoms with Crippen molar-refractivity contribution in [2.75, 3.05) is 6.61 Å². The number of carbonyl (C=O) groups excluding carboxylic acids is 2. The van der Waals surface area contributed by atoms with Crippen molar-refractivity contribution >= 4 is 11.9 Å². The van der Waals surface area contributed by atoms with Crippen LogP contribution in [0.5, 0.6) is 0 Å². The summed E-state index contributed by atoms with van der Waals surface area (Å²) in [7, 11) is 0. The Bertz CT molecular complexity index is 554. The van der Waals surface area contributed by atoms with Gasteiger partial charge in [-0.1, -0.05) is 6.92 Å². The minimum absolute atomic E-state index is 0.129. The lowest BCUT2D eigenvalue weighted by atomic mass is 9.87. The van der Waals surface area contributed by atoms with E-state index in [1.54, 1.807) is 20.8 Å². The van der Waals surface area contributed by atoms with Crippen LogP contribution in [0.25, 0.3) is 0 Å². The minimum atomic E-state index is -0.376. The molecule has 22 heavy (non-hydrogen) atoms. The van der Waals surface area contributed by atoms with Crippen LogP contribution in [-0.4, -0.2) is 29.5 Å². The topological polar surface area (TPSA) is 71.2 Å². The van der Waals surface area contributed by atoms with Gasteiger partial charge in [-0.05, 0) is 57.9 Å². The van der Waals surface area contributed by atoms with E-state index in [9.17, 15) is 9.59 Å². The van der Waals surface area contributed by atoms with Crippen LogP contribution in [0.15, 0.2) is 0 Å². The molecule has 2 rings (SSSR count). The van der Waals surface area contributed by atoms with E-state index in [1.807, 2.05) is 0 Å². The molecule has 1 aromatic rings. The number of nitrogens with one attached hydrogen (secondary N) is 2. The third-order valence-electron chi connectivity index (χ3n) is 4.50. The fourth-order valence-corrected chi connectivity index (χ4v) is 3.15. The monoisotopic (exact) mass is 306 g/mol. The van der Waals surface area contributed by atoms with Gasteiger partial charge in [-0.3, -0.25) is 4.79 Å². The third kappa shape index (κ3) is 3.51. The fraction of sp³-hybridized carbons (Fsp3) is 0.647. The van der Waals surface area contributed by atoms with Gasteiger partial charge >= 0.3 is 5.97 Å². The molecule has 0 bridgehead atoms. The summed E-state index contributed by atoms with van der Waals surface area (Å²) < 4.78 is 5.05. The van der Waals surface area contributed by atoms with E-state index in [2.05, 4.69) is 17.2 Å². The lowest BCUT2D eigenvalue weighted by Crippen LogP contribution is -2.37. The minimum Gasteiger partial charge on any atom is -0.462 e. The number of hydrogen-bond acceptors (Lipinski definition) is 3. The van der Waals surface area contributed by atoms with Gasteiger partial charge in [-0.15, -0.1) is 0 Å². The van der Waals surface area contributed by atoms with E-state index >= 15 is 0 Å². The molecule has 0 saturated heterocycles. The first-order valence-corrected chi connectivity index (χ1v) is 8.11. The second-order valence-electron chi connectivity index (χ2n) is 6.28. The summed E-state index contributed by atoms with van der Waals surface area (Å²) in [5.74, 6) is 0.244. The molecule has 1 fully saturated rings. The van der Waals surface area contributed by atoms with Crippen molar-refractivity contribution in [3.05, 3.63) is 22.5 Å². The number of hydrogen-bond donors (Lipinski definition) is 2. The molecule has 1 heterocycles. The van der Waals surface area contributed by atoms with Gasteiger partial charge < -0.3 is 15.0 Å². The van der Waals surface area contributed by atoms with E-state index in [-0.39, 0.29) is 17.9 Å². The number of esters is 1. The molecule has 5 heteroatoms. The van der Waals surface area contributed by atoms with Gasteiger partial charge in [-0.25, -0.2) is 4.79 Å². The highest BCUT2D eigenvalue weighted by atomic mass is 16.5. The molecule has 1 aliphatic rings. The molecule has 1 aliphatic carbocycles. The maximum absolute atomic E-state index is 12.5. The van der Waals surface area contributed by atoms with Crippen LogP contribution in [0.4, 0.5) is 0 Å². The normalized spacial score (nSPS) is 21.5. The van der Waals surface area contributed by atoms with Crippen molar-refractivity contribution in [3.63, 3.8) is 0 Å². The molecule has 1 amide bonds. The number of rotatable bonds is 4. The summed E-state index contributed by atoms with van der Waals surface area (Å²) in [5, 5.41) is 3.09. The van der Waals surface area contributed by atoms with Crippen molar-refractivity contribution in [3.8, 4) is 0 Å². The molecule has 0 spiro atoms. The summed E-state index contributed by atoms with van der Waals surface area (Å²) in [4.78, 5) is 27.5. The first-order valence-electron chi connectivity index (χ1n) is 8.11. The van der Waals surface area contributed by atoms with Gasteiger partial charge in [0, 0.05) is 11.7 Å². The molecular formula is C17H26N2O3. The van der Waals surface area contributed by atoms with Gasteiger partial charge in [0.15, 0.2) is 0 Å². The molecule has 0 aromatic carbocycles. The predicted octanol–water partition coefficient (Wildman–Crippen LogP) is 3.12. The van der Waals surface area contributed by atoms with Gasteiger partial charge in [-0.2, -0.15) is 0 Å². The van der Waals surface area contributed by atoms with Crippen LogP contribution >= 0.6 is 0 Å². The summed E-state index contributed by atoms with van der Waals surface area (Å²) in [6.07, 6.45) is 4.36. The van der Waals surface area contributed by atoms with E-state index in [1.165, 1.54) is 0 Å². The maximum atomic E-state index is 12.5. The Morgan fingerprint density at radius 3 is 2.45 bits per heavy atom. The molecule has 0 atom stereocenters. The second-order valence-corrected chi connectivity index (χ2v) is 6.28. The Hall–Kier alpha value is -1.78. The number of aryl methyl sites for hydroxylation is 1. The van der Waals surface area contributed by atoms with Crippen molar-refractivity contribution in [2.24, 2.45) is 5.92 Å². The first kappa shape index (κ1) is 16.6. The third-order valence-corrected chi connectivity index (χ3v) is 4.50. The molecule has 0 aliphatic heterocycles. The highest BCUT2D eigenvalue weighted by molar-refractivity contribution is 6.00. The molecule has 1 saturated carbocycles. The van der Waals surface area contributed by atoms with Crippen LogP contribution in [0.2, 0.25) is 0 Å². The summed E-state index contributed by atoms with van der Waals surface area (Å²) in [5.41, 5.74) is 2.29. The Balaban J connectivity index is 2.10. The summed E-state index contributed by atoms with van der Waals surface area (Å²) >= 11 is 0. The average Bonchev–Trinajstić information content (AvgIpc) is 2.77. The number of carbonyl (C=O) groups is 2. The van der Waals surface area contributed by atoms with Crippen LogP contribution < -0.4 is 5.32 Å². The average molecular weight is 306 g/mol. The van der Waals surface area contributed by atoms with Gasteiger partial charge in [0.1, 0.15) is 5.69 Å². The second kappa shape index (κ2) is 6.99. The molecular weight excluding hydrogens is 280 g/mol. The highest BCUT2D eigenvalue weighted by Crippen LogP contribution is 2.24. The van der Waals surface area contributed by atoms with Crippen molar-refractivity contribution in [2.45, 2.75) is 59.4 Å². The Kier molecular flexibility index (Phi) is 5.27. The SMILES string of the molecule is CCOC(=O)c1c(C)[nH]c(C(=O)NC2CCC(C)CC2)c1C. The van der Waals surface area contributed by atoms with Gasteiger partial charge in [0.25, 0.3) is 5.91 Å². The largest absolute Gasteiger partial charge is 0.462 e. The van der Waals surface area contributed by atoms with E-state index in [4.69, 9.17) is 4.74 Å². The fourth-order valence-electron chi connectivity index (χ4n) is 3.15. The maximum Gasteiger partial charge on any atom is 0.340 e. The molecule has 0 unspecified atom stereocenters. The van der Waals surface area contributed by atoms with E-state index in [0.29, 0.717) is 29.1 Å². The zero-order valence-corrected chi connectivity index (χ0v) is 13.9. The smallest absolute Gasteiger partial charge is 0.340 e. The highest BCUT2D eigenvalue weighted by Gasteiger charge is 2.25. The zero-order chi connectivity index (χ0) is 16.3. The Morgan fingerprint density at radius 1 is 1.23 bits per heavy atom. The Labute approximate surface area is 131 Å². The quantitative estimate of drug-likeness (QED) is 0.840. The van der Waals surface area contributed by atoms with Gasteiger partial charge in [0.2, 0.25) is 0 Å². The number of amides is 1. The number of H-pyrrole nitrogens is 1. The van der Waals surface area contributed by atoms with Crippen molar-refractivity contribution in [1.29, 1.82) is 0 Å². The summed E-state index contributed by atoms with van der Waals surface area (Å²) in [6.45, 7) is 7.92. The van der Waals surface area contributed by atoms with E-state index < -0.39 is 0 Å². The van der Waals surface area contributed by atoms with Crippen LogP contribution in [0.1, 0.15) is 71.6 Å². The molecule has 5 nitrogen and oxygen atoms in total. The lowest BCUT2D eigenvalue weighted by molar-refractivity contribution is 0.0525. The molecule has 2 N–H and O–H groups in total. The zero-order valence-electron chi connectivity index (χ0n) is 13.9. The molecule has 0 radical (unpaired) electrons. The van der Waals surface area contributed by atoms with Crippen LogP contribution in [0.3, 0.4) is 0 Å². The standard InChI is InChI=1S/C17H26N2O3/c1-5-22-17(21)14-11(3)15(18-12(14)4)16(20)19-13-8-6-10(2)7-9-13/h10,13,18H,5-9H2,1-4H3,(H,19,20). The number of aromatic amines is 1. The van der Waals surface area contributed by atoms with Crippen molar-refractivity contribution in [1.82, 2.24) is 10.3 Å². The Morgan fingerprint density at radius 2 is 1.86 bits per heavy atom.